The first-order valence-corrected chi connectivity index (χ1v) is 7.42. The molecule has 4 rings (SSSR count). The number of pyridine rings is 2. The fourth-order valence-electron chi connectivity index (χ4n) is 2.18. The summed E-state index contributed by atoms with van der Waals surface area (Å²) in [5.41, 5.74) is 0.867. The molecule has 0 aliphatic rings. The van der Waals surface area contributed by atoms with Crippen LogP contribution in [0.2, 0.25) is 0 Å². The summed E-state index contributed by atoms with van der Waals surface area (Å²) < 4.78 is 1.57. The smallest absolute Gasteiger partial charge is 0.276 e. The van der Waals surface area contributed by atoms with E-state index in [2.05, 4.69) is 35.6 Å². The van der Waals surface area contributed by atoms with Gasteiger partial charge in [-0.3, -0.25) is 20.2 Å². The second kappa shape index (κ2) is 6.32. The molecule has 0 saturated carbocycles. The number of hydrogen-bond donors (Lipinski definition) is 2. The SMILES string of the molecule is O=C(Nc1n[nH]c(-c2ccccn2)n1)c1cccc(-n2cccn2)n1. The lowest BCUT2D eigenvalue weighted by Gasteiger charge is -2.03. The van der Waals surface area contributed by atoms with Crippen molar-refractivity contribution in [3.63, 3.8) is 0 Å². The molecule has 0 spiro atoms. The van der Waals surface area contributed by atoms with Crippen LogP contribution < -0.4 is 5.32 Å². The number of anilines is 1. The maximum atomic E-state index is 12.4. The highest BCUT2D eigenvalue weighted by Crippen LogP contribution is 2.13. The van der Waals surface area contributed by atoms with Crippen molar-refractivity contribution in [1.29, 1.82) is 0 Å². The third kappa shape index (κ3) is 3.11. The summed E-state index contributed by atoms with van der Waals surface area (Å²) in [4.78, 5) is 25.0. The quantitative estimate of drug-likeness (QED) is 0.588. The zero-order chi connectivity index (χ0) is 17.1. The second-order valence-electron chi connectivity index (χ2n) is 5.01. The van der Waals surface area contributed by atoms with Crippen molar-refractivity contribution in [3.8, 4) is 17.3 Å². The van der Waals surface area contributed by atoms with Crippen molar-refractivity contribution in [2.45, 2.75) is 0 Å². The Kier molecular flexibility index (Phi) is 3.71. The van der Waals surface area contributed by atoms with Gasteiger partial charge in [0.25, 0.3) is 5.91 Å². The molecular weight excluding hydrogens is 320 g/mol. The summed E-state index contributed by atoms with van der Waals surface area (Å²) >= 11 is 0. The van der Waals surface area contributed by atoms with E-state index in [0.29, 0.717) is 17.3 Å². The Labute approximate surface area is 141 Å². The van der Waals surface area contributed by atoms with Gasteiger partial charge < -0.3 is 0 Å². The van der Waals surface area contributed by atoms with Crippen LogP contribution in [0.5, 0.6) is 0 Å². The zero-order valence-electron chi connectivity index (χ0n) is 12.9. The summed E-state index contributed by atoms with van der Waals surface area (Å²) in [5, 5.41) is 13.4. The number of nitrogens with zero attached hydrogens (tertiary/aromatic N) is 6. The minimum Gasteiger partial charge on any atom is -0.288 e. The van der Waals surface area contributed by atoms with E-state index >= 15 is 0 Å². The van der Waals surface area contributed by atoms with Gasteiger partial charge in [0, 0.05) is 18.6 Å². The lowest BCUT2D eigenvalue weighted by atomic mass is 10.3. The third-order valence-electron chi connectivity index (χ3n) is 3.32. The summed E-state index contributed by atoms with van der Waals surface area (Å²) in [6, 6.07) is 12.3. The minimum atomic E-state index is -0.416. The highest BCUT2D eigenvalue weighted by Gasteiger charge is 2.13. The summed E-state index contributed by atoms with van der Waals surface area (Å²) in [7, 11) is 0. The fourth-order valence-corrected chi connectivity index (χ4v) is 2.18. The highest BCUT2D eigenvalue weighted by molar-refractivity contribution is 6.02. The Morgan fingerprint density at radius 3 is 2.80 bits per heavy atom. The molecule has 0 radical (unpaired) electrons. The molecule has 0 saturated heterocycles. The van der Waals surface area contributed by atoms with E-state index in [-0.39, 0.29) is 11.6 Å². The number of H-pyrrole nitrogens is 1. The van der Waals surface area contributed by atoms with Gasteiger partial charge in [-0.1, -0.05) is 12.1 Å². The maximum Gasteiger partial charge on any atom is 0.276 e. The number of hydrogen-bond acceptors (Lipinski definition) is 6. The molecule has 4 aromatic rings. The van der Waals surface area contributed by atoms with Crippen LogP contribution in [0.25, 0.3) is 17.3 Å². The number of carbonyl (C=O) groups is 1. The van der Waals surface area contributed by atoms with E-state index in [1.807, 2.05) is 6.07 Å². The molecule has 122 valence electrons. The standard InChI is InChI=1S/C16H12N8O/c25-15(12-6-3-7-13(19-12)24-10-4-9-18-24)21-16-20-14(22-23-16)11-5-1-2-8-17-11/h1-10H,(H2,20,21,22,23,25). The summed E-state index contributed by atoms with van der Waals surface area (Å²) in [6.45, 7) is 0. The van der Waals surface area contributed by atoms with Crippen molar-refractivity contribution < 1.29 is 4.79 Å². The van der Waals surface area contributed by atoms with Crippen LogP contribution in [-0.2, 0) is 0 Å². The Morgan fingerprint density at radius 2 is 2.00 bits per heavy atom. The first kappa shape index (κ1) is 14.7. The minimum absolute atomic E-state index is 0.150. The lowest BCUT2D eigenvalue weighted by Crippen LogP contribution is -2.15. The van der Waals surface area contributed by atoms with Crippen LogP contribution in [0, 0.1) is 0 Å². The predicted octanol–water partition coefficient (Wildman–Crippen LogP) is 1.70. The normalized spacial score (nSPS) is 10.6. The van der Waals surface area contributed by atoms with Gasteiger partial charge in [-0.05, 0) is 30.3 Å². The van der Waals surface area contributed by atoms with Gasteiger partial charge in [-0.2, -0.15) is 10.1 Å². The Bertz CT molecular complexity index is 994. The molecule has 1 amide bonds. The van der Waals surface area contributed by atoms with E-state index in [0.717, 1.165) is 0 Å². The Morgan fingerprint density at radius 1 is 1.04 bits per heavy atom. The van der Waals surface area contributed by atoms with Crippen molar-refractivity contribution in [3.05, 3.63) is 66.7 Å². The molecule has 9 nitrogen and oxygen atoms in total. The molecule has 0 aromatic carbocycles. The zero-order valence-corrected chi connectivity index (χ0v) is 12.9. The summed E-state index contributed by atoms with van der Waals surface area (Å²) in [6.07, 6.45) is 5.04. The van der Waals surface area contributed by atoms with E-state index in [9.17, 15) is 4.79 Å². The Hall–Kier alpha value is -3.88. The van der Waals surface area contributed by atoms with E-state index in [4.69, 9.17) is 0 Å². The first-order valence-electron chi connectivity index (χ1n) is 7.42. The molecule has 0 aliphatic carbocycles. The van der Waals surface area contributed by atoms with Crippen LogP contribution in [-0.4, -0.2) is 40.8 Å². The molecule has 0 fully saturated rings. The molecule has 2 N–H and O–H groups in total. The molecule has 0 aliphatic heterocycles. The van der Waals surface area contributed by atoms with Crippen molar-refractivity contribution in [2.75, 3.05) is 5.32 Å². The van der Waals surface area contributed by atoms with E-state index in [1.54, 1.807) is 59.7 Å². The lowest BCUT2D eigenvalue weighted by molar-refractivity contribution is 0.102. The van der Waals surface area contributed by atoms with Gasteiger partial charge in [0.05, 0.1) is 0 Å². The van der Waals surface area contributed by atoms with Crippen LogP contribution in [0.1, 0.15) is 10.5 Å². The molecule has 4 aromatic heterocycles. The summed E-state index contributed by atoms with van der Waals surface area (Å²) in [5.74, 6) is 0.744. The third-order valence-corrected chi connectivity index (χ3v) is 3.32. The van der Waals surface area contributed by atoms with Crippen LogP contribution >= 0.6 is 0 Å². The molecule has 9 heteroatoms. The van der Waals surface area contributed by atoms with Crippen LogP contribution in [0.4, 0.5) is 5.95 Å². The Balaban J connectivity index is 1.53. The second-order valence-corrected chi connectivity index (χ2v) is 5.01. The number of aromatic amines is 1. The van der Waals surface area contributed by atoms with Crippen molar-refractivity contribution >= 4 is 11.9 Å². The topological polar surface area (TPSA) is 114 Å². The van der Waals surface area contributed by atoms with E-state index < -0.39 is 5.91 Å². The van der Waals surface area contributed by atoms with Gasteiger partial charge >= 0.3 is 0 Å². The van der Waals surface area contributed by atoms with Gasteiger partial charge in [0.2, 0.25) is 5.95 Å². The molecule has 0 atom stereocenters. The van der Waals surface area contributed by atoms with E-state index in [1.165, 1.54) is 0 Å². The first-order chi connectivity index (χ1) is 12.3. The van der Waals surface area contributed by atoms with Crippen molar-refractivity contribution in [1.82, 2.24) is 34.9 Å². The molecule has 0 unspecified atom stereocenters. The molecule has 4 heterocycles. The van der Waals surface area contributed by atoms with Gasteiger partial charge in [-0.25, -0.2) is 9.67 Å². The maximum absolute atomic E-state index is 12.4. The number of carbonyl (C=O) groups excluding carboxylic acids is 1. The van der Waals surface area contributed by atoms with Crippen molar-refractivity contribution in [2.24, 2.45) is 0 Å². The number of amides is 1. The molecule has 25 heavy (non-hydrogen) atoms. The molecular formula is C16H12N8O. The van der Waals surface area contributed by atoms with Gasteiger partial charge in [0.15, 0.2) is 11.6 Å². The average Bonchev–Trinajstić information content (AvgIpc) is 3.35. The largest absolute Gasteiger partial charge is 0.288 e. The number of nitrogens with one attached hydrogen (secondary N) is 2. The average molecular weight is 332 g/mol. The molecule has 0 bridgehead atoms. The number of rotatable bonds is 4. The van der Waals surface area contributed by atoms with Gasteiger partial charge in [-0.15, -0.1) is 5.10 Å². The predicted molar refractivity (Wildman–Crippen MR) is 88.9 cm³/mol. The highest BCUT2D eigenvalue weighted by atomic mass is 16.2. The number of aromatic nitrogens is 7. The van der Waals surface area contributed by atoms with Crippen LogP contribution in [0.15, 0.2) is 61.1 Å². The monoisotopic (exact) mass is 332 g/mol. The van der Waals surface area contributed by atoms with Gasteiger partial charge in [0.1, 0.15) is 11.4 Å². The van der Waals surface area contributed by atoms with Crippen LogP contribution in [0.3, 0.4) is 0 Å². The fraction of sp³-hybridized carbons (Fsp3) is 0.